The van der Waals surface area contributed by atoms with E-state index in [-0.39, 0.29) is 0 Å². The van der Waals surface area contributed by atoms with E-state index >= 15 is 0 Å². The van der Waals surface area contributed by atoms with E-state index in [1.54, 1.807) is 0 Å². The van der Waals surface area contributed by atoms with E-state index in [0.717, 1.165) is 33.4 Å². The van der Waals surface area contributed by atoms with Crippen LogP contribution < -0.4 is 0 Å². The molecule has 4 heteroatoms. The van der Waals surface area contributed by atoms with E-state index in [9.17, 15) is 0 Å². The van der Waals surface area contributed by atoms with Gasteiger partial charge in [-0.1, -0.05) is 206 Å². The molecule has 0 amide bonds. The zero-order chi connectivity index (χ0) is 45.7. The van der Waals surface area contributed by atoms with E-state index < -0.39 is 10.0 Å². The molecule has 0 saturated heterocycles. The van der Waals surface area contributed by atoms with Gasteiger partial charge in [0.2, 0.25) is 0 Å². The smallest absolute Gasteiger partial charge is 0.164 e. The molecule has 0 fully saturated rings. The lowest BCUT2D eigenvalue weighted by Crippen LogP contribution is -2.03. The second-order valence-corrected chi connectivity index (χ2v) is 20.6. The van der Waals surface area contributed by atoms with Crippen molar-refractivity contribution in [2.45, 2.75) is 19.6 Å². The Morgan fingerprint density at radius 3 is 1.43 bits per heavy atom. The fourth-order valence-corrected chi connectivity index (χ4v) is 14.6. The second-order valence-electron chi connectivity index (χ2n) is 17.5. The number of benzene rings is 11. The molecule has 0 saturated carbocycles. The predicted octanol–water partition coefficient (Wildman–Crippen LogP) is 17.5. The minimum atomic E-state index is -1.88. The van der Waals surface area contributed by atoms with Gasteiger partial charge in [0.25, 0.3) is 0 Å². The topological polar surface area (TPSA) is 38.7 Å². The van der Waals surface area contributed by atoms with Crippen molar-refractivity contribution in [3.63, 3.8) is 0 Å². The maximum absolute atomic E-state index is 5.47. The van der Waals surface area contributed by atoms with Crippen LogP contribution in [0.2, 0.25) is 0 Å². The molecule has 12 aromatic rings. The summed E-state index contributed by atoms with van der Waals surface area (Å²) in [6, 6.07) is 94.1. The molecule has 0 unspecified atom stereocenters. The van der Waals surface area contributed by atoms with Crippen LogP contribution in [0.25, 0.3) is 100 Å². The lowest BCUT2D eigenvalue weighted by molar-refractivity contribution is 1.07. The lowest BCUT2D eigenvalue weighted by Gasteiger charge is -2.39. The van der Waals surface area contributed by atoms with Gasteiger partial charge in [-0.3, -0.25) is 0 Å². The van der Waals surface area contributed by atoms with Gasteiger partial charge in [-0.25, -0.2) is 15.0 Å². The summed E-state index contributed by atoms with van der Waals surface area (Å²) in [4.78, 5) is 21.5. The summed E-state index contributed by atoms with van der Waals surface area (Å²) in [5.74, 6) is 1.88. The molecular weight excluding hydrogens is 855 g/mol. The summed E-state index contributed by atoms with van der Waals surface area (Å²) in [5.41, 5.74) is 12.1. The average Bonchev–Trinajstić information content (AvgIpc) is 3.74. The Kier molecular flexibility index (Phi) is 9.92. The Hall–Kier alpha value is -8.70. The highest BCUT2D eigenvalue weighted by molar-refractivity contribution is 8.34. The standard InChI is InChI=1S/C65H43N3S/c1-3-25-54(26-4-1)69(55-27-5-2-6-28-55)60-33-12-11-30-58(60)62-59(32-16-34-61(62)69)65-67-63(66-64(68-65)53-24-14-22-51(43-53)57-31-15-20-47-18-9-10-29-56(47)57)52-23-13-21-49(42-52)45-35-37-46(38-36-45)50-40-39-44-17-7-8-19-48(44)41-50/h1-43H. The van der Waals surface area contributed by atoms with Crippen LogP contribution >= 0.6 is 10.0 Å². The van der Waals surface area contributed by atoms with Crippen LogP contribution in [0.1, 0.15) is 0 Å². The molecule has 1 aromatic heterocycles. The third kappa shape index (κ3) is 6.96. The van der Waals surface area contributed by atoms with Gasteiger partial charge in [0.15, 0.2) is 17.5 Å². The summed E-state index contributed by atoms with van der Waals surface area (Å²) in [6.07, 6.45) is 0. The highest BCUT2D eigenvalue weighted by atomic mass is 32.3. The maximum Gasteiger partial charge on any atom is 0.164 e. The summed E-state index contributed by atoms with van der Waals surface area (Å²) < 4.78 is 0. The van der Waals surface area contributed by atoms with E-state index in [1.165, 1.54) is 68.9 Å². The molecule has 3 nitrogen and oxygen atoms in total. The quantitative estimate of drug-likeness (QED) is 0.153. The Labute approximate surface area is 403 Å². The zero-order valence-corrected chi connectivity index (χ0v) is 38.4. The van der Waals surface area contributed by atoms with Gasteiger partial charge in [0.1, 0.15) is 0 Å². The van der Waals surface area contributed by atoms with Gasteiger partial charge in [0, 0.05) is 41.8 Å². The number of hydrogen-bond donors (Lipinski definition) is 0. The number of aromatic nitrogens is 3. The molecule has 0 radical (unpaired) electrons. The van der Waals surface area contributed by atoms with E-state index in [2.05, 4.69) is 261 Å². The summed E-state index contributed by atoms with van der Waals surface area (Å²) >= 11 is 0. The van der Waals surface area contributed by atoms with Crippen molar-refractivity contribution < 1.29 is 0 Å². The molecule has 2 heterocycles. The van der Waals surface area contributed by atoms with Crippen LogP contribution in [0.4, 0.5) is 0 Å². The minimum Gasteiger partial charge on any atom is -0.208 e. The van der Waals surface area contributed by atoms with Crippen LogP contribution in [0.3, 0.4) is 0 Å². The van der Waals surface area contributed by atoms with Gasteiger partial charge in [0.05, 0.1) is 0 Å². The van der Waals surface area contributed by atoms with Gasteiger partial charge in [-0.05, 0) is 115 Å². The van der Waals surface area contributed by atoms with Crippen molar-refractivity contribution in [2.75, 3.05) is 0 Å². The number of fused-ring (bicyclic) bond motifs is 5. The summed E-state index contributed by atoms with van der Waals surface area (Å²) in [5, 5.41) is 4.89. The molecule has 1 aliphatic heterocycles. The Morgan fingerprint density at radius 1 is 0.246 bits per heavy atom. The SMILES string of the molecule is c1ccc(S2(c3ccccc3)c3ccccc3-c3c(-c4nc(-c5cccc(-c6ccc(-c7ccc8ccccc8c7)cc6)c5)nc(-c5cccc(-c6cccc7ccccc67)c5)n4)cccc32)cc1. The van der Waals surface area contributed by atoms with Crippen LogP contribution in [0.5, 0.6) is 0 Å². The first-order valence-electron chi connectivity index (χ1n) is 23.4. The molecular formula is C65H43N3S. The Bertz CT molecular complexity index is 3860. The van der Waals surface area contributed by atoms with Gasteiger partial charge >= 0.3 is 0 Å². The van der Waals surface area contributed by atoms with Gasteiger partial charge in [-0.15, -0.1) is 10.0 Å². The predicted molar refractivity (Wildman–Crippen MR) is 286 cm³/mol. The molecule has 1 aliphatic rings. The number of nitrogens with zero attached hydrogens (tertiary/aromatic N) is 3. The van der Waals surface area contributed by atoms with E-state index in [1.807, 2.05) is 0 Å². The fourth-order valence-electron chi connectivity index (χ4n) is 10.3. The second kappa shape index (κ2) is 16.9. The van der Waals surface area contributed by atoms with Crippen LogP contribution in [0.15, 0.2) is 280 Å². The average molecular weight is 898 g/mol. The van der Waals surface area contributed by atoms with Crippen molar-refractivity contribution in [2.24, 2.45) is 0 Å². The van der Waals surface area contributed by atoms with Crippen molar-refractivity contribution in [3.8, 4) is 78.7 Å². The van der Waals surface area contributed by atoms with Crippen LogP contribution in [-0.4, -0.2) is 15.0 Å². The first-order valence-corrected chi connectivity index (χ1v) is 25.0. The summed E-state index contributed by atoms with van der Waals surface area (Å²) in [7, 11) is -1.88. The monoisotopic (exact) mass is 897 g/mol. The highest BCUT2D eigenvalue weighted by Crippen LogP contribution is 2.80. The fraction of sp³-hybridized carbons (Fsp3) is 0. The van der Waals surface area contributed by atoms with Crippen molar-refractivity contribution >= 4 is 31.6 Å². The third-order valence-electron chi connectivity index (χ3n) is 13.6. The van der Waals surface area contributed by atoms with Crippen LogP contribution in [0, 0.1) is 0 Å². The van der Waals surface area contributed by atoms with E-state index in [0.29, 0.717) is 17.5 Å². The zero-order valence-electron chi connectivity index (χ0n) is 37.6. The maximum atomic E-state index is 5.47. The van der Waals surface area contributed by atoms with Crippen molar-refractivity contribution in [3.05, 3.63) is 261 Å². The lowest BCUT2D eigenvalue weighted by atomic mass is 9.96. The summed E-state index contributed by atoms with van der Waals surface area (Å²) in [6.45, 7) is 0. The number of hydrogen-bond acceptors (Lipinski definition) is 3. The Balaban J connectivity index is 0.988. The number of rotatable bonds is 8. The highest BCUT2D eigenvalue weighted by Gasteiger charge is 2.43. The molecule has 0 aliphatic carbocycles. The van der Waals surface area contributed by atoms with Crippen molar-refractivity contribution in [1.29, 1.82) is 0 Å². The van der Waals surface area contributed by atoms with E-state index in [4.69, 9.17) is 15.0 Å². The molecule has 0 atom stereocenters. The Morgan fingerprint density at radius 2 is 0.710 bits per heavy atom. The molecule has 69 heavy (non-hydrogen) atoms. The van der Waals surface area contributed by atoms with Gasteiger partial charge in [-0.2, -0.15) is 0 Å². The van der Waals surface area contributed by atoms with Gasteiger partial charge < -0.3 is 0 Å². The molecule has 11 aromatic carbocycles. The third-order valence-corrected chi connectivity index (χ3v) is 17.5. The first-order chi connectivity index (χ1) is 34.2. The normalized spacial score (nSPS) is 12.9. The van der Waals surface area contributed by atoms with Crippen LogP contribution in [-0.2, 0) is 0 Å². The first kappa shape index (κ1) is 40.6. The largest absolute Gasteiger partial charge is 0.208 e. The van der Waals surface area contributed by atoms with Crippen molar-refractivity contribution in [1.82, 2.24) is 15.0 Å². The molecule has 0 bridgehead atoms. The molecule has 13 rings (SSSR count). The minimum absolute atomic E-state index is 0.619. The molecule has 324 valence electrons. The molecule has 0 spiro atoms. The molecule has 0 N–H and O–H groups in total.